The SMILES string of the molecule is COc1ccc([C@H]2CN(C(=O)c3cccc(Cl)c3)C[C@@H]2C(=O)N2CCOCC2)cc1. The molecule has 7 heteroatoms. The Morgan fingerprint density at radius 1 is 1.03 bits per heavy atom. The van der Waals surface area contributed by atoms with E-state index in [9.17, 15) is 9.59 Å². The molecule has 158 valence electrons. The summed E-state index contributed by atoms with van der Waals surface area (Å²) in [5.74, 6) is 0.377. The van der Waals surface area contributed by atoms with Crippen LogP contribution in [0.15, 0.2) is 48.5 Å². The molecule has 2 fully saturated rings. The van der Waals surface area contributed by atoms with Gasteiger partial charge in [0.05, 0.1) is 26.2 Å². The first kappa shape index (κ1) is 20.7. The van der Waals surface area contributed by atoms with E-state index < -0.39 is 0 Å². The number of nitrogens with zero attached hydrogens (tertiary/aromatic N) is 2. The highest BCUT2D eigenvalue weighted by atomic mass is 35.5. The topological polar surface area (TPSA) is 59.1 Å². The van der Waals surface area contributed by atoms with Crippen LogP contribution < -0.4 is 4.74 Å². The van der Waals surface area contributed by atoms with Crippen molar-refractivity contribution in [3.63, 3.8) is 0 Å². The molecule has 2 heterocycles. The molecule has 2 saturated heterocycles. The number of carbonyl (C=O) groups excluding carboxylic acids is 2. The van der Waals surface area contributed by atoms with Crippen molar-refractivity contribution in [2.45, 2.75) is 5.92 Å². The molecule has 6 nitrogen and oxygen atoms in total. The Morgan fingerprint density at radius 2 is 1.77 bits per heavy atom. The van der Waals surface area contributed by atoms with Crippen LogP contribution in [0.2, 0.25) is 5.02 Å². The Morgan fingerprint density at radius 3 is 2.43 bits per heavy atom. The molecule has 2 aliphatic rings. The number of carbonyl (C=O) groups is 2. The molecule has 0 unspecified atom stereocenters. The quantitative estimate of drug-likeness (QED) is 0.751. The van der Waals surface area contributed by atoms with Crippen LogP contribution in [0.3, 0.4) is 0 Å². The van der Waals surface area contributed by atoms with Crippen LogP contribution in [0.1, 0.15) is 21.8 Å². The highest BCUT2D eigenvalue weighted by Crippen LogP contribution is 2.36. The Bertz CT molecular complexity index is 912. The number of halogens is 1. The van der Waals surface area contributed by atoms with Gasteiger partial charge in [-0.3, -0.25) is 9.59 Å². The number of hydrogen-bond donors (Lipinski definition) is 0. The average molecular weight is 429 g/mol. The maximum absolute atomic E-state index is 13.4. The van der Waals surface area contributed by atoms with Gasteiger partial charge >= 0.3 is 0 Å². The highest BCUT2D eigenvalue weighted by molar-refractivity contribution is 6.30. The predicted molar refractivity (Wildman–Crippen MR) is 114 cm³/mol. The van der Waals surface area contributed by atoms with Gasteiger partial charge in [0.2, 0.25) is 5.91 Å². The van der Waals surface area contributed by atoms with E-state index in [0.29, 0.717) is 50.0 Å². The molecule has 2 atom stereocenters. The normalized spacial score (nSPS) is 21.5. The van der Waals surface area contributed by atoms with Gasteiger partial charge in [0.25, 0.3) is 5.91 Å². The molecule has 0 aromatic heterocycles. The number of hydrogen-bond acceptors (Lipinski definition) is 4. The van der Waals surface area contributed by atoms with Crippen molar-refractivity contribution in [1.29, 1.82) is 0 Å². The molecular formula is C23H25ClN2O4. The summed E-state index contributed by atoms with van der Waals surface area (Å²) < 4.78 is 10.7. The lowest BCUT2D eigenvalue weighted by Crippen LogP contribution is -2.45. The van der Waals surface area contributed by atoms with Crippen LogP contribution in [-0.4, -0.2) is 68.1 Å². The van der Waals surface area contributed by atoms with Gasteiger partial charge in [-0.25, -0.2) is 0 Å². The third-order valence-corrected chi connectivity index (χ3v) is 6.10. The van der Waals surface area contributed by atoms with E-state index in [0.717, 1.165) is 11.3 Å². The second-order valence-corrected chi connectivity index (χ2v) is 8.08. The number of benzene rings is 2. The molecule has 2 aromatic rings. The minimum Gasteiger partial charge on any atom is -0.497 e. The van der Waals surface area contributed by atoms with Crippen molar-refractivity contribution in [3.8, 4) is 5.75 Å². The predicted octanol–water partition coefficient (Wildman–Crippen LogP) is 3.06. The van der Waals surface area contributed by atoms with Gasteiger partial charge in [0, 0.05) is 42.7 Å². The lowest BCUT2D eigenvalue weighted by molar-refractivity contribution is -0.139. The fourth-order valence-electron chi connectivity index (χ4n) is 4.23. The largest absolute Gasteiger partial charge is 0.497 e. The van der Waals surface area contributed by atoms with Crippen molar-refractivity contribution in [1.82, 2.24) is 9.80 Å². The van der Waals surface area contributed by atoms with Crippen LogP contribution in [0.5, 0.6) is 5.75 Å². The summed E-state index contributed by atoms with van der Waals surface area (Å²) in [5.41, 5.74) is 1.57. The van der Waals surface area contributed by atoms with Gasteiger partial charge in [0.1, 0.15) is 5.75 Å². The number of likely N-dealkylation sites (tertiary alicyclic amines) is 1. The number of morpholine rings is 1. The molecular weight excluding hydrogens is 404 g/mol. The van der Waals surface area contributed by atoms with E-state index >= 15 is 0 Å². The molecule has 0 bridgehead atoms. The van der Waals surface area contributed by atoms with E-state index in [1.54, 1.807) is 36.3 Å². The summed E-state index contributed by atoms with van der Waals surface area (Å²) in [6, 6.07) is 14.7. The highest BCUT2D eigenvalue weighted by Gasteiger charge is 2.42. The molecule has 2 aromatic carbocycles. The van der Waals surface area contributed by atoms with Crippen LogP contribution in [0.25, 0.3) is 0 Å². The fourth-order valence-corrected chi connectivity index (χ4v) is 4.42. The van der Waals surface area contributed by atoms with Crippen molar-refractivity contribution in [2.75, 3.05) is 46.5 Å². The zero-order chi connectivity index (χ0) is 21.1. The summed E-state index contributed by atoms with van der Waals surface area (Å²) in [6.45, 7) is 3.16. The summed E-state index contributed by atoms with van der Waals surface area (Å²) >= 11 is 6.07. The summed E-state index contributed by atoms with van der Waals surface area (Å²) in [5, 5.41) is 0.521. The van der Waals surface area contributed by atoms with Gasteiger partial charge in [-0.1, -0.05) is 29.8 Å². The van der Waals surface area contributed by atoms with Crippen LogP contribution in [-0.2, 0) is 9.53 Å². The van der Waals surface area contributed by atoms with Crippen molar-refractivity contribution in [3.05, 3.63) is 64.7 Å². The third-order valence-electron chi connectivity index (χ3n) is 5.86. The van der Waals surface area contributed by atoms with Crippen molar-refractivity contribution >= 4 is 23.4 Å². The van der Waals surface area contributed by atoms with Gasteiger partial charge in [0.15, 0.2) is 0 Å². The minimum absolute atomic E-state index is 0.0746. The first-order valence-electron chi connectivity index (χ1n) is 10.1. The standard InChI is InChI=1S/C23H25ClN2O4/c1-29-19-7-5-16(6-8-19)20-14-26(22(27)17-3-2-4-18(24)13-17)15-21(20)23(28)25-9-11-30-12-10-25/h2-8,13,20-21H,9-12,14-15H2,1H3/t20-,21+/m1/s1. The third kappa shape index (κ3) is 4.30. The molecule has 2 amide bonds. The lowest BCUT2D eigenvalue weighted by atomic mass is 9.88. The van der Waals surface area contributed by atoms with Gasteiger partial charge in [-0.05, 0) is 35.9 Å². The Labute approximate surface area is 181 Å². The second-order valence-electron chi connectivity index (χ2n) is 7.64. The fraction of sp³-hybridized carbons (Fsp3) is 0.391. The van der Waals surface area contributed by atoms with Crippen LogP contribution in [0, 0.1) is 5.92 Å². The zero-order valence-corrected chi connectivity index (χ0v) is 17.7. The average Bonchev–Trinajstić information content (AvgIpc) is 3.24. The number of amides is 2. The summed E-state index contributed by atoms with van der Waals surface area (Å²) in [4.78, 5) is 30.1. The van der Waals surface area contributed by atoms with Crippen LogP contribution in [0.4, 0.5) is 0 Å². The van der Waals surface area contributed by atoms with E-state index in [1.807, 2.05) is 29.2 Å². The number of methoxy groups -OCH3 is 1. The first-order chi connectivity index (χ1) is 14.6. The van der Waals surface area contributed by atoms with E-state index in [4.69, 9.17) is 21.1 Å². The smallest absolute Gasteiger partial charge is 0.253 e. The first-order valence-corrected chi connectivity index (χ1v) is 10.5. The number of rotatable bonds is 4. The van der Waals surface area contributed by atoms with Gasteiger partial charge < -0.3 is 19.3 Å². The minimum atomic E-state index is -0.292. The molecule has 2 aliphatic heterocycles. The van der Waals surface area contributed by atoms with E-state index in [-0.39, 0.29) is 23.7 Å². The molecule has 30 heavy (non-hydrogen) atoms. The molecule has 0 aliphatic carbocycles. The van der Waals surface area contributed by atoms with Crippen LogP contribution >= 0.6 is 11.6 Å². The molecule has 0 saturated carbocycles. The summed E-state index contributed by atoms with van der Waals surface area (Å²) in [6.07, 6.45) is 0. The van der Waals surface area contributed by atoms with E-state index in [2.05, 4.69) is 0 Å². The second kappa shape index (κ2) is 9.06. The van der Waals surface area contributed by atoms with Gasteiger partial charge in [-0.2, -0.15) is 0 Å². The van der Waals surface area contributed by atoms with Crippen molar-refractivity contribution < 1.29 is 19.1 Å². The maximum Gasteiger partial charge on any atom is 0.253 e. The van der Waals surface area contributed by atoms with E-state index in [1.165, 1.54) is 0 Å². The number of ether oxygens (including phenoxy) is 2. The molecule has 4 rings (SSSR count). The zero-order valence-electron chi connectivity index (χ0n) is 16.9. The van der Waals surface area contributed by atoms with Crippen molar-refractivity contribution in [2.24, 2.45) is 5.92 Å². The Balaban J connectivity index is 1.60. The Kier molecular flexibility index (Phi) is 6.25. The molecule has 0 N–H and O–H groups in total. The molecule has 0 radical (unpaired) electrons. The lowest BCUT2D eigenvalue weighted by Gasteiger charge is -2.30. The van der Waals surface area contributed by atoms with Gasteiger partial charge in [-0.15, -0.1) is 0 Å². The summed E-state index contributed by atoms with van der Waals surface area (Å²) in [7, 11) is 1.63. The Hall–Kier alpha value is -2.57. The maximum atomic E-state index is 13.4. The molecule has 0 spiro atoms. The monoisotopic (exact) mass is 428 g/mol.